The molecule has 1 N–H and O–H groups in total. The van der Waals surface area contributed by atoms with E-state index in [1.165, 1.54) is 5.56 Å². The Morgan fingerprint density at radius 3 is 2.42 bits per heavy atom. The molecule has 64 valence electrons. The van der Waals surface area contributed by atoms with Gasteiger partial charge < -0.3 is 4.74 Å². The minimum Gasteiger partial charge on any atom is -0.497 e. The second-order valence-electron chi connectivity index (χ2n) is 2.12. The minimum atomic E-state index is 0.750. The van der Waals surface area contributed by atoms with Gasteiger partial charge in [-0.15, -0.1) is 0 Å². The lowest BCUT2D eigenvalue weighted by atomic mass is 10.2. The number of nitrogens with one attached hydrogen (secondary N) is 1. The molecule has 0 aliphatic heterocycles. The van der Waals surface area contributed by atoms with E-state index >= 15 is 0 Å². The molecular weight excluding hydrogens is 154 g/mol. The van der Waals surface area contributed by atoms with Gasteiger partial charge in [-0.25, -0.2) is 10.2 Å². The van der Waals surface area contributed by atoms with Crippen molar-refractivity contribution < 1.29 is 9.53 Å². The summed E-state index contributed by atoms with van der Waals surface area (Å²) in [5.74, 6) is 0.926. The molecular formula is C9H11NO2. The molecule has 0 atom stereocenters. The van der Waals surface area contributed by atoms with Crippen molar-refractivity contribution in [3.8, 4) is 5.75 Å². The molecule has 0 aliphatic carbocycles. The molecule has 3 heteroatoms. The maximum Gasteiger partial charge on any atom is 0.231 e. The third kappa shape index (κ3) is 4.25. The van der Waals surface area contributed by atoms with E-state index in [9.17, 15) is 0 Å². The normalized spacial score (nSPS) is 7.50. The number of ether oxygens (including phenoxy) is 1. The van der Waals surface area contributed by atoms with Gasteiger partial charge in [-0.05, 0) is 24.6 Å². The summed E-state index contributed by atoms with van der Waals surface area (Å²) in [6.07, 6.45) is 0.750. The van der Waals surface area contributed by atoms with E-state index < -0.39 is 0 Å². The van der Waals surface area contributed by atoms with Crippen molar-refractivity contribution in [1.82, 2.24) is 0 Å². The Kier molecular flexibility index (Phi) is 5.31. The van der Waals surface area contributed by atoms with Crippen molar-refractivity contribution in [3.05, 3.63) is 29.8 Å². The fourth-order valence-corrected chi connectivity index (χ4v) is 0.742. The number of methoxy groups -OCH3 is 1. The van der Waals surface area contributed by atoms with Crippen LogP contribution >= 0.6 is 0 Å². The molecule has 0 saturated heterocycles. The molecule has 1 rings (SSSR count). The summed E-state index contributed by atoms with van der Waals surface area (Å²) in [7, 11) is 1.68. The summed E-state index contributed by atoms with van der Waals surface area (Å²) < 4.78 is 5.00. The number of benzene rings is 1. The van der Waals surface area contributed by atoms with Gasteiger partial charge in [0.25, 0.3) is 0 Å². The van der Waals surface area contributed by atoms with Gasteiger partial charge in [0, 0.05) is 0 Å². The molecule has 0 spiro atoms. The van der Waals surface area contributed by atoms with Crippen LogP contribution in [0.2, 0.25) is 0 Å². The summed E-state index contributed by atoms with van der Waals surface area (Å²) in [5, 5.41) is 5.40. The van der Waals surface area contributed by atoms with Crippen molar-refractivity contribution in [2.75, 3.05) is 7.11 Å². The van der Waals surface area contributed by atoms with Crippen molar-refractivity contribution in [2.24, 2.45) is 0 Å². The maximum absolute atomic E-state index is 8.35. The van der Waals surface area contributed by atoms with E-state index in [2.05, 4.69) is 0 Å². The Hall–Kier alpha value is -1.60. The fraction of sp³-hybridized carbons (Fsp3) is 0.222. The van der Waals surface area contributed by atoms with Crippen molar-refractivity contribution in [1.29, 1.82) is 5.41 Å². The zero-order chi connectivity index (χ0) is 9.40. The van der Waals surface area contributed by atoms with E-state index in [4.69, 9.17) is 14.9 Å². The Morgan fingerprint density at radius 1 is 1.50 bits per heavy atom. The highest BCUT2D eigenvalue weighted by molar-refractivity contribution is 5.27. The average molecular weight is 165 g/mol. The van der Waals surface area contributed by atoms with Gasteiger partial charge in [-0.3, -0.25) is 0 Å². The Bertz CT molecular complexity index is 265. The first-order chi connectivity index (χ1) is 5.74. The third-order valence-electron chi connectivity index (χ3n) is 1.23. The predicted octanol–water partition coefficient (Wildman–Crippen LogP) is 1.90. The van der Waals surface area contributed by atoms with Crippen LogP contribution in [0.1, 0.15) is 5.56 Å². The summed E-state index contributed by atoms with van der Waals surface area (Å²) in [6.45, 7) is 2.04. The SMILES string of the molecule is COc1cccc(C)c1.N=C=O. The predicted molar refractivity (Wildman–Crippen MR) is 46.1 cm³/mol. The van der Waals surface area contributed by atoms with Crippen molar-refractivity contribution in [3.63, 3.8) is 0 Å². The van der Waals surface area contributed by atoms with E-state index in [0.717, 1.165) is 11.8 Å². The standard InChI is InChI=1S/C8H10O.CHNO/c1-7-4-3-5-8(6-7)9-2;2-1-3/h3-6H,1-2H3;2H. The maximum atomic E-state index is 8.35. The minimum absolute atomic E-state index is 0.750. The van der Waals surface area contributed by atoms with Crippen LogP contribution in [0.4, 0.5) is 0 Å². The topological polar surface area (TPSA) is 50.1 Å². The lowest BCUT2D eigenvalue weighted by Crippen LogP contribution is -1.81. The molecule has 1 aromatic carbocycles. The van der Waals surface area contributed by atoms with Crippen LogP contribution in [0, 0.1) is 12.3 Å². The van der Waals surface area contributed by atoms with Gasteiger partial charge >= 0.3 is 0 Å². The Balaban J connectivity index is 0.000000354. The molecule has 0 heterocycles. The highest BCUT2D eigenvalue weighted by Gasteiger charge is 1.86. The smallest absolute Gasteiger partial charge is 0.231 e. The van der Waals surface area contributed by atoms with Gasteiger partial charge in [0.15, 0.2) is 0 Å². The fourth-order valence-electron chi connectivity index (χ4n) is 0.742. The second kappa shape index (κ2) is 6.13. The first kappa shape index (κ1) is 10.4. The zero-order valence-electron chi connectivity index (χ0n) is 7.13. The van der Waals surface area contributed by atoms with E-state index in [-0.39, 0.29) is 0 Å². The van der Waals surface area contributed by atoms with Crippen LogP contribution in [0.15, 0.2) is 24.3 Å². The van der Waals surface area contributed by atoms with Gasteiger partial charge in [0.2, 0.25) is 6.08 Å². The van der Waals surface area contributed by atoms with Crippen LogP contribution in [0.3, 0.4) is 0 Å². The highest BCUT2D eigenvalue weighted by atomic mass is 16.5. The zero-order valence-corrected chi connectivity index (χ0v) is 7.13. The van der Waals surface area contributed by atoms with Crippen LogP contribution in [0.5, 0.6) is 5.75 Å². The summed E-state index contributed by atoms with van der Waals surface area (Å²) in [4.78, 5) is 8.35. The Morgan fingerprint density at radius 2 is 2.08 bits per heavy atom. The molecule has 1 aromatic rings. The second-order valence-corrected chi connectivity index (χ2v) is 2.12. The number of hydrogen-bond donors (Lipinski definition) is 1. The summed E-state index contributed by atoms with van der Waals surface area (Å²) >= 11 is 0. The molecule has 0 aromatic heterocycles. The molecule has 0 unspecified atom stereocenters. The molecule has 0 saturated carbocycles. The monoisotopic (exact) mass is 165 g/mol. The van der Waals surface area contributed by atoms with Crippen LogP contribution in [-0.2, 0) is 4.79 Å². The third-order valence-corrected chi connectivity index (χ3v) is 1.23. The first-order valence-corrected chi connectivity index (χ1v) is 3.39. The molecule has 0 aliphatic rings. The van der Waals surface area contributed by atoms with Crippen LogP contribution in [0.25, 0.3) is 0 Å². The molecule has 0 radical (unpaired) electrons. The largest absolute Gasteiger partial charge is 0.497 e. The van der Waals surface area contributed by atoms with Gasteiger partial charge in [-0.1, -0.05) is 12.1 Å². The number of carbonyl (C=O) groups excluding carboxylic acids is 1. The Labute approximate surface area is 71.5 Å². The molecule has 12 heavy (non-hydrogen) atoms. The van der Waals surface area contributed by atoms with E-state index in [0.29, 0.717) is 0 Å². The average Bonchev–Trinajstić information content (AvgIpc) is 2.06. The number of hydrogen-bond acceptors (Lipinski definition) is 3. The van der Waals surface area contributed by atoms with Crippen molar-refractivity contribution >= 4 is 6.08 Å². The first-order valence-electron chi connectivity index (χ1n) is 3.39. The molecule has 0 fully saturated rings. The highest BCUT2D eigenvalue weighted by Crippen LogP contribution is 2.10. The number of aryl methyl sites for hydroxylation is 1. The van der Waals surface area contributed by atoms with Crippen molar-refractivity contribution in [2.45, 2.75) is 6.92 Å². The lowest BCUT2D eigenvalue weighted by Gasteiger charge is -1.97. The van der Waals surface area contributed by atoms with E-state index in [1.807, 2.05) is 31.2 Å². The number of rotatable bonds is 1. The lowest BCUT2D eigenvalue weighted by molar-refractivity contribution is 0.414. The van der Waals surface area contributed by atoms with Crippen LogP contribution < -0.4 is 4.74 Å². The molecule has 0 amide bonds. The van der Waals surface area contributed by atoms with Gasteiger partial charge in [0.1, 0.15) is 5.75 Å². The number of isocyanates is 1. The molecule has 3 nitrogen and oxygen atoms in total. The van der Waals surface area contributed by atoms with Crippen LogP contribution in [-0.4, -0.2) is 13.2 Å². The molecule has 0 bridgehead atoms. The quantitative estimate of drug-likeness (QED) is 0.510. The van der Waals surface area contributed by atoms with E-state index in [1.54, 1.807) is 7.11 Å². The summed E-state index contributed by atoms with van der Waals surface area (Å²) in [6, 6.07) is 7.96. The summed E-state index contributed by atoms with van der Waals surface area (Å²) in [5.41, 5.74) is 1.23. The van der Waals surface area contributed by atoms with Gasteiger partial charge in [-0.2, -0.15) is 0 Å². The van der Waals surface area contributed by atoms with Gasteiger partial charge in [0.05, 0.1) is 7.11 Å².